The average Bonchev–Trinajstić information content (AvgIpc) is 2.50. The lowest BCUT2D eigenvalue weighted by atomic mass is 10.2. The lowest BCUT2D eigenvalue weighted by Gasteiger charge is -2.23. The number of aryl methyl sites for hydroxylation is 1. The molecular formula is C10H18ClN3S. The van der Waals surface area contributed by atoms with Crippen LogP contribution in [0.5, 0.6) is 0 Å². The molecule has 15 heavy (non-hydrogen) atoms. The zero-order valence-corrected chi connectivity index (χ0v) is 11.3. The van der Waals surface area contributed by atoms with Crippen molar-refractivity contribution in [1.29, 1.82) is 0 Å². The van der Waals surface area contributed by atoms with Crippen LogP contribution in [0.25, 0.3) is 0 Å². The molecule has 0 aliphatic heterocycles. The maximum absolute atomic E-state index is 6.02. The summed E-state index contributed by atoms with van der Waals surface area (Å²) in [6.07, 6.45) is 4.11. The van der Waals surface area contributed by atoms with Gasteiger partial charge in [0.1, 0.15) is 5.82 Å². The topological polar surface area (TPSA) is 30.7 Å². The molecule has 0 saturated heterocycles. The Kier molecular flexibility index (Phi) is 4.46. The minimum absolute atomic E-state index is 0.161. The van der Waals surface area contributed by atoms with Crippen molar-refractivity contribution in [2.24, 2.45) is 0 Å². The summed E-state index contributed by atoms with van der Waals surface area (Å²) in [5.41, 5.74) is 0. The maximum atomic E-state index is 6.02. The minimum atomic E-state index is 0.161. The largest absolute Gasteiger partial charge is 0.300 e. The van der Waals surface area contributed by atoms with Crippen molar-refractivity contribution >= 4 is 23.4 Å². The lowest BCUT2D eigenvalue weighted by Crippen LogP contribution is -2.23. The number of rotatable bonds is 5. The van der Waals surface area contributed by atoms with Crippen molar-refractivity contribution in [3.8, 4) is 0 Å². The molecule has 0 saturated carbocycles. The standard InChI is InChI=1S/C10H18ClN3S/c1-5-6-8-12-13-9(11)14(8)7-10(2,3)15-4/h5-7H2,1-4H3. The smallest absolute Gasteiger partial charge is 0.225 e. The summed E-state index contributed by atoms with van der Waals surface area (Å²) in [5.74, 6) is 0.990. The molecule has 1 aromatic heterocycles. The molecular weight excluding hydrogens is 230 g/mol. The number of thioether (sulfide) groups is 1. The summed E-state index contributed by atoms with van der Waals surface area (Å²) in [4.78, 5) is 0. The van der Waals surface area contributed by atoms with Gasteiger partial charge in [0, 0.05) is 17.7 Å². The zero-order chi connectivity index (χ0) is 11.5. The van der Waals surface area contributed by atoms with E-state index in [9.17, 15) is 0 Å². The highest BCUT2D eigenvalue weighted by Gasteiger charge is 2.20. The van der Waals surface area contributed by atoms with E-state index in [1.54, 1.807) is 0 Å². The van der Waals surface area contributed by atoms with Crippen LogP contribution in [0.4, 0.5) is 0 Å². The third kappa shape index (κ3) is 3.38. The second-order valence-electron chi connectivity index (χ2n) is 4.19. The van der Waals surface area contributed by atoms with Gasteiger partial charge in [0.25, 0.3) is 0 Å². The summed E-state index contributed by atoms with van der Waals surface area (Å²) in [7, 11) is 0. The maximum Gasteiger partial charge on any atom is 0.225 e. The fourth-order valence-electron chi connectivity index (χ4n) is 1.32. The van der Waals surface area contributed by atoms with E-state index >= 15 is 0 Å². The summed E-state index contributed by atoms with van der Waals surface area (Å²) in [5, 5.41) is 8.52. The van der Waals surface area contributed by atoms with Crippen LogP contribution in [0.3, 0.4) is 0 Å². The highest BCUT2D eigenvalue weighted by atomic mass is 35.5. The number of hydrogen-bond donors (Lipinski definition) is 0. The average molecular weight is 248 g/mol. The number of aromatic nitrogens is 3. The Balaban J connectivity index is 2.87. The summed E-state index contributed by atoms with van der Waals surface area (Å²) >= 11 is 7.85. The third-order valence-electron chi connectivity index (χ3n) is 2.35. The van der Waals surface area contributed by atoms with E-state index in [4.69, 9.17) is 11.6 Å². The molecule has 0 N–H and O–H groups in total. The Morgan fingerprint density at radius 3 is 2.60 bits per heavy atom. The van der Waals surface area contributed by atoms with Crippen LogP contribution >= 0.6 is 23.4 Å². The first kappa shape index (κ1) is 12.8. The molecule has 1 rings (SSSR count). The van der Waals surface area contributed by atoms with Crippen LogP contribution in [0.1, 0.15) is 33.0 Å². The van der Waals surface area contributed by atoms with Gasteiger partial charge in [-0.25, -0.2) is 0 Å². The molecule has 0 aromatic carbocycles. The molecule has 5 heteroatoms. The molecule has 0 unspecified atom stereocenters. The van der Waals surface area contributed by atoms with Crippen molar-refractivity contribution in [3.63, 3.8) is 0 Å². The number of nitrogens with zero attached hydrogens (tertiary/aromatic N) is 3. The van der Waals surface area contributed by atoms with E-state index in [0.717, 1.165) is 25.2 Å². The minimum Gasteiger partial charge on any atom is -0.300 e. The second kappa shape index (κ2) is 5.21. The molecule has 0 bridgehead atoms. The van der Waals surface area contributed by atoms with Gasteiger partial charge in [-0.3, -0.25) is 0 Å². The van der Waals surface area contributed by atoms with Crippen LogP contribution in [0.2, 0.25) is 5.28 Å². The highest BCUT2D eigenvalue weighted by Crippen LogP contribution is 2.25. The number of halogens is 1. The van der Waals surface area contributed by atoms with E-state index in [1.807, 2.05) is 16.3 Å². The summed E-state index contributed by atoms with van der Waals surface area (Å²) in [6, 6.07) is 0. The quantitative estimate of drug-likeness (QED) is 0.802. The van der Waals surface area contributed by atoms with Gasteiger partial charge in [0.05, 0.1) is 0 Å². The third-order valence-corrected chi connectivity index (χ3v) is 3.86. The predicted octanol–water partition coefficient (Wildman–Crippen LogP) is 3.03. The molecule has 0 spiro atoms. The monoisotopic (exact) mass is 247 g/mol. The van der Waals surface area contributed by atoms with E-state index in [-0.39, 0.29) is 4.75 Å². The molecule has 0 aliphatic rings. The SMILES string of the molecule is CCCc1nnc(Cl)n1CC(C)(C)SC. The highest BCUT2D eigenvalue weighted by molar-refractivity contribution is 7.99. The molecule has 3 nitrogen and oxygen atoms in total. The fourth-order valence-corrected chi connectivity index (χ4v) is 1.78. The molecule has 0 fully saturated rings. The van der Waals surface area contributed by atoms with Crippen LogP contribution in [-0.2, 0) is 13.0 Å². The molecule has 86 valence electrons. The number of hydrogen-bond acceptors (Lipinski definition) is 3. The first-order chi connectivity index (χ1) is 7.00. The van der Waals surface area contributed by atoms with Gasteiger partial charge in [0.15, 0.2) is 0 Å². The van der Waals surface area contributed by atoms with Crippen LogP contribution in [0.15, 0.2) is 0 Å². The molecule has 0 atom stereocenters. The van der Waals surface area contributed by atoms with Gasteiger partial charge in [-0.05, 0) is 38.1 Å². The van der Waals surface area contributed by atoms with Crippen molar-refractivity contribution in [1.82, 2.24) is 14.8 Å². The molecule has 1 aromatic rings. The van der Waals surface area contributed by atoms with E-state index < -0.39 is 0 Å². The second-order valence-corrected chi connectivity index (χ2v) is 6.04. The van der Waals surface area contributed by atoms with Gasteiger partial charge < -0.3 is 4.57 Å². The van der Waals surface area contributed by atoms with Gasteiger partial charge >= 0.3 is 0 Å². The Hall–Kier alpha value is -0.220. The lowest BCUT2D eigenvalue weighted by molar-refractivity contribution is 0.545. The van der Waals surface area contributed by atoms with Crippen molar-refractivity contribution < 1.29 is 0 Å². The van der Waals surface area contributed by atoms with E-state index in [1.165, 1.54) is 0 Å². The van der Waals surface area contributed by atoms with Crippen molar-refractivity contribution in [2.45, 2.75) is 44.9 Å². The zero-order valence-electron chi connectivity index (χ0n) is 9.75. The van der Waals surface area contributed by atoms with E-state index in [2.05, 4.69) is 37.2 Å². The summed E-state index contributed by atoms with van der Waals surface area (Å²) < 4.78 is 2.18. The van der Waals surface area contributed by atoms with E-state index in [0.29, 0.717) is 5.28 Å². The Morgan fingerprint density at radius 2 is 2.07 bits per heavy atom. The van der Waals surface area contributed by atoms with Crippen LogP contribution in [0, 0.1) is 0 Å². The normalized spacial score (nSPS) is 12.1. The summed E-state index contributed by atoms with van der Waals surface area (Å²) in [6.45, 7) is 7.38. The first-order valence-electron chi connectivity index (χ1n) is 5.13. The molecule has 0 radical (unpaired) electrons. The molecule has 0 amide bonds. The van der Waals surface area contributed by atoms with Gasteiger partial charge in [-0.2, -0.15) is 11.8 Å². The van der Waals surface area contributed by atoms with Gasteiger partial charge in [-0.15, -0.1) is 10.2 Å². The van der Waals surface area contributed by atoms with Crippen LogP contribution in [-0.4, -0.2) is 25.8 Å². The Morgan fingerprint density at radius 1 is 1.40 bits per heavy atom. The van der Waals surface area contributed by atoms with Crippen LogP contribution < -0.4 is 0 Å². The first-order valence-corrected chi connectivity index (χ1v) is 6.73. The molecule has 0 aliphatic carbocycles. The van der Waals surface area contributed by atoms with Crippen molar-refractivity contribution in [2.75, 3.05) is 6.26 Å². The van der Waals surface area contributed by atoms with Gasteiger partial charge in [0.2, 0.25) is 5.28 Å². The Bertz CT molecular complexity index is 322. The van der Waals surface area contributed by atoms with Crippen molar-refractivity contribution in [3.05, 3.63) is 11.1 Å². The Labute approximate surface area is 101 Å². The van der Waals surface area contributed by atoms with Gasteiger partial charge in [-0.1, -0.05) is 6.92 Å². The fraction of sp³-hybridized carbons (Fsp3) is 0.800. The predicted molar refractivity (Wildman–Crippen MR) is 66.6 cm³/mol. The molecule has 1 heterocycles.